The maximum absolute atomic E-state index is 8.95. The molecule has 2 nitrogen and oxygen atoms in total. The summed E-state index contributed by atoms with van der Waals surface area (Å²) in [5, 5.41) is 8.95. The Hall–Kier alpha value is -0.800. The molecular weight excluding hydrogens is 170 g/mol. The maximum Gasteiger partial charge on any atom is 0.134 e. The van der Waals surface area contributed by atoms with Crippen molar-refractivity contribution in [3.05, 3.63) is 18.2 Å². The Balaban J connectivity index is 0.000000157. The van der Waals surface area contributed by atoms with E-state index in [1.165, 1.54) is 0 Å². The highest BCUT2D eigenvalue weighted by Crippen LogP contribution is 2.32. The molecule has 0 saturated heterocycles. The third-order valence-electron chi connectivity index (χ3n) is 1.45. The van der Waals surface area contributed by atoms with E-state index < -0.39 is 0 Å². The van der Waals surface area contributed by atoms with Gasteiger partial charge < -0.3 is 10.8 Å². The molecule has 0 unspecified atom stereocenters. The quantitative estimate of drug-likeness (QED) is 0.713. The van der Waals surface area contributed by atoms with Gasteiger partial charge in [-0.15, -0.1) is 11.3 Å². The average Bonchev–Trinajstić information content (AvgIpc) is 2.65. The highest BCUT2D eigenvalue weighted by Gasteiger charge is 2.00. The maximum atomic E-state index is 8.95. The molecule has 2 aromatic heterocycles. The van der Waals surface area contributed by atoms with Crippen molar-refractivity contribution in [2.24, 2.45) is 5.73 Å². The summed E-state index contributed by atoms with van der Waals surface area (Å²) in [6.07, 6.45) is 1.10. The molecule has 0 radical (unpaired) electrons. The molecule has 2 rings (SSSR count). The molecule has 3 N–H and O–H groups in total. The van der Waals surface area contributed by atoms with E-state index in [-0.39, 0.29) is 0 Å². The van der Waals surface area contributed by atoms with Crippen LogP contribution >= 0.6 is 11.3 Å². The van der Waals surface area contributed by atoms with Crippen LogP contribution in [0.1, 0.15) is 13.3 Å². The van der Waals surface area contributed by atoms with Crippen LogP contribution in [0.3, 0.4) is 0 Å². The van der Waals surface area contributed by atoms with Crippen LogP contribution in [0.15, 0.2) is 18.2 Å². The number of fused-ring (bicyclic) bond motifs is 2. The van der Waals surface area contributed by atoms with Crippen molar-refractivity contribution in [3.63, 3.8) is 0 Å². The molecule has 0 amide bonds. The summed E-state index contributed by atoms with van der Waals surface area (Å²) in [7, 11) is 0. The number of hydrogen-bond acceptors (Lipinski definition) is 3. The number of phenolic OH excluding ortho intramolecular Hbond substituents is 1. The third-order valence-corrected chi connectivity index (χ3v) is 2.50. The van der Waals surface area contributed by atoms with E-state index in [0.29, 0.717) is 5.75 Å². The van der Waals surface area contributed by atoms with Gasteiger partial charge in [0.25, 0.3) is 0 Å². The second-order valence-corrected chi connectivity index (χ2v) is 3.64. The highest BCUT2D eigenvalue weighted by molar-refractivity contribution is 7.24. The lowest BCUT2D eigenvalue weighted by Crippen LogP contribution is -1.93. The molecule has 0 fully saturated rings. The second kappa shape index (κ2) is 4.28. The minimum Gasteiger partial charge on any atom is -0.506 e. The smallest absolute Gasteiger partial charge is 0.134 e. The summed E-state index contributed by atoms with van der Waals surface area (Å²) in [6.45, 7) is 2.88. The van der Waals surface area contributed by atoms with Gasteiger partial charge in [0.05, 0.1) is 4.70 Å². The zero-order chi connectivity index (χ0) is 8.97. The van der Waals surface area contributed by atoms with Crippen LogP contribution in [0.2, 0.25) is 0 Å². The van der Waals surface area contributed by atoms with Crippen LogP contribution in [0, 0.1) is 0 Å². The first-order valence-corrected chi connectivity index (χ1v) is 4.80. The van der Waals surface area contributed by atoms with Crippen molar-refractivity contribution < 1.29 is 5.11 Å². The van der Waals surface area contributed by atoms with Gasteiger partial charge in [-0.3, -0.25) is 0 Å². The monoisotopic (exact) mass is 183 g/mol. The molecule has 66 valence electrons. The normalized spacial score (nSPS) is 9.83. The summed E-state index contributed by atoms with van der Waals surface area (Å²) in [5.74, 6) is 0.424. The Morgan fingerprint density at radius 2 is 2.17 bits per heavy atom. The summed E-state index contributed by atoms with van der Waals surface area (Å²) < 4.78 is 2.14. The van der Waals surface area contributed by atoms with Gasteiger partial charge in [0.2, 0.25) is 0 Å². The van der Waals surface area contributed by atoms with Crippen molar-refractivity contribution in [1.82, 2.24) is 0 Å². The molecule has 0 saturated carbocycles. The van der Waals surface area contributed by atoms with Gasteiger partial charge in [-0.25, -0.2) is 0 Å². The van der Waals surface area contributed by atoms with Gasteiger partial charge in [0, 0.05) is 4.70 Å². The largest absolute Gasteiger partial charge is 0.506 e. The van der Waals surface area contributed by atoms with Crippen molar-refractivity contribution >= 4 is 20.7 Å². The van der Waals surface area contributed by atoms with Crippen LogP contribution in [0.4, 0.5) is 0 Å². The van der Waals surface area contributed by atoms with E-state index in [4.69, 9.17) is 10.8 Å². The number of thiophene rings is 2. The lowest BCUT2D eigenvalue weighted by atomic mass is 10.3. The first-order valence-electron chi connectivity index (χ1n) is 3.99. The Labute approximate surface area is 76.0 Å². The average molecular weight is 183 g/mol. The number of nitrogens with two attached hydrogens (primary N) is 1. The van der Waals surface area contributed by atoms with Crippen molar-refractivity contribution in [2.45, 2.75) is 13.3 Å². The van der Waals surface area contributed by atoms with Gasteiger partial charge >= 0.3 is 0 Å². The first kappa shape index (κ1) is 9.29. The van der Waals surface area contributed by atoms with E-state index in [9.17, 15) is 0 Å². The van der Waals surface area contributed by atoms with Crippen LogP contribution in [-0.4, -0.2) is 11.7 Å². The lowest BCUT2D eigenvalue weighted by molar-refractivity contribution is 0.483. The van der Waals surface area contributed by atoms with E-state index in [1.54, 1.807) is 17.4 Å². The van der Waals surface area contributed by atoms with Crippen LogP contribution in [0.5, 0.6) is 5.75 Å². The third kappa shape index (κ3) is 2.09. The van der Waals surface area contributed by atoms with Gasteiger partial charge in [-0.2, -0.15) is 0 Å². The molecule has 2 heterocycles. The Bertz CT molecular complexity index is 316. The minimum atomic E-state index is 0.424. The van der Waals surface area contributed by atoms with Crippen LogP contribution < -0.4 is 5.73 Å². The topological polar surface area (TPSA) is 46.2 Å². The Kier molecular flexibility index (Phi) is 3.31. The first-order chi connectivity index (χ1) is 5.77. The van der Waals surface area contributed by atoms with Crippen LogP contribution in [0.25, 0.3) is 9.40 Å². The molecule has 2 bridgehead atoms. The second-order valence-electron chi connectivity index (χ2n) is 2.52. The molecule has 0 atom stereocenters. The number of hydrogen-bond donors (Lipinski definition) is 2. The molecule has 0 aliphatic carbocycles. The van der Waals surface area contributed by atoms with Crippen LogP contribution in [-0.2, 0) is 0 Å². The van der Waals surface area contributed by atoms with Crippen molar-refractivity contribution in [2.75, 3.05) is 6.54 Å². The fourth-order valence-corrected chi connectivity index (χ4v) is 1.63. The van der Waals surface area contributed by atoms with Gasteiger partial charge in [0.1, 0.15) is 5.75 Å². The number of aromatic hydroxyl groups is 1. The zero-order valence-electron chi connectivity index (χ0n) is 7.08. The van der Waals surface area contributed by atoms with Gasteiger partial charge in [-0.05, 0) is 31.2 Å². The predicted molar refractivity (Wildman–Crippen MR) is 54.0 cm³/mol. The zero-order valence-corrected chi connectivity index (χ0v) is 7.90. The van der Waals surface area contributed by atoms with Crippen molar-refractivity contribution in [1.29, 1.82) is 0 Å². The number of benzene rings is 1. The van der Waals surface area contributed by atoms with E-state index in [2.05, 4.69) is 6.92 Å². The molecule has 0 aromatic carbocycles. The summed E-state index contributed by atoms with van der Waals surface area (Å²) in [4.78, 5) is 0. The van der Waals surface area contributed by atoms with E-state index in [1.807, 2.05) is 12.1 Å². The van der Waals surface area contributed by atoms with E-state index in [0.717, 1.165) is 22.4 Å². The SMILES string of the molecule is CCCN.Oc1cc2ccc1s2. The highest BCUT2D eigenvalue weighted by atomic mass is 32.1. The van der Waals surface area contributed by atoms with Crippen molar-refractivity contribution in [3.8, 4) is 5.75 Å². The Morgan fingerprint density at radius 3 is 2.33 bits per heavy atom. The fourth-order valence-electron chi connectivity index (χ4n) is 0.774. The minimum absolute atomic E-state index is 0.424. The number of phenols is 1. The molecule has 12 heavy (non-hydrogen) atoms. The van der Waals surface area contributed by atoms with Gasteiger partial charge in [0.15, 0.2) is 0 Å². The summed E-state index contributed by atoms with van der Waals surface area (Å²) in [6, 6.07) is 5.70. The fraction of sp³-hybridized carbons (Fsp3) is 0.333. The summed E-state index contributed by atoms with van der Waals surface area (Å²) >= 11 is 1.62. The van der Waals surface area contributed by atoms with Gasteiger partial charge in [-0.1, -0.05) is 6.92 Å². The molecular formula is C9H13NOS. The molecule has 0 spiro atoms. The lowest BCUT2D eigenvalue weighted by Gasteiger charge is -1.79. The van der Waals surface area contributed by atoms with E-state index >= 15 is 0 Å². The number of rotatable bonds is 1. The Morgan fingerprint density at radius 1 is 1.50 bits per heavy atom. The summed E-state index contributed by atoms with van der Waals surface area (Å²) in [5.41, 5.74) is 5.03. The molecule has 0 aliphatic heterocycles. The molecule has 3 heteroatoms. The standard InChI is InChI=1S/C6H4OS.C3H9N/c7-5-3-4-1-2-6(5)8-4;1-2-3-4/h1-3,7H;2-4H2,1H3. The molecule has 0 aliphatic rings. The predicted octanol–water partition coefficient (Wildman–Crippen LogP) is 2.40. The molecule has 2 aromatic rings.